The molecule has 0 aromatic heterocycles. The third-order valence-electron chi connectivity index (χ3n) is 6.35. The van der Waals surface area contributed by atoms with Crippen molar-refractivity contribution in [3.05, 3.63) is 83.1 Å². The molecule has 2 aromatic carbocycles. The van der Waals surface area contributed by atoms with E-state index in [4.69, 9.17) is 0 Å². The second kappa shape index (κ2) is 9.25. The first-order chi connectivity index (χ1) is 13.4. The largest absolute Gasteiger partial charge is 0.112 e. The van der Waals surface area contributed by atoms with E-state index in [2.05, 4.69) is 66.4 Å². The van der Waals surface area contributed by atoms with E-state index in [0.717, 1.165) is 11.8 Å². The van der Waals surface area contributed by atoms with Gasteiger partial charge in [0.25, 0.3) is 0 Å². The first-order valence-electron chi connectivity index (χ1n) is 11.0. The van der Waals surface area contributed by atoms with E-state index >= 15 is 0 Å². The molecule has 0 nitrogen and oxygen atoms in total. The Bertz CT molecular complexity index is 716. The summed E-state index contributed by atoms with van der Waals surface area (Å²) in [6.07, 6.45) is 14.2. The smallest absolute Gasteiger partial charge is 0.0309 e. The molecule has 2 saturated carbocycles. The van der Waals surface area contributed by atoms with E-state index in [1.165, 1.54) is 80.9 Å². The van der Waals surface area contributed by atoms with Crippen molar-refractivity contribution in [1.29, 1.82) is 0 Å². The third-order valence-corrected chi connectivity index (χ3v) is 6.35. The Labute approximate surface area is 165 Å². The number of hydrogen-bond donors (Lipinski definition) is 0. The van der Waals surface area contributed by atoms with Crippen molar-refractivity contribution in [1.82, 2.24) is 0 Å². The molecule has 0 bridgehead atoms. The summed E-state index contributed by atoms with van der Waals surface area (Å²) in [5.41, 5.74) is 9.40. The Hall–Kier alpha value is -2.04. The minimum absolute atomic E-state index is 0.798. The summed E-state index contributed by atoms with van der Waals surface area (Å²) in [5.74, 6) is 1.60. The number of benzene rings is 2. The van der Waals surface area contributed by atoms with Gasteiger partial charge in [0.05, 0.1) is 0 Å². The monoisotopic (exact) mass is 356 g/mol. The SMILES string of the molecule is C(=C(c1ccccc1)c1ccccc1)=C1C2CCCCCCCCCCC12. The van der Waals surface area contributed by atoms with Crippen LogP contribution in [0.4, 0.5) is 0 Å². The molecule has 2 fully saturated rings. The van der Waals surface area contributed by atoms with E-state index in [1.807, 2.05) is 0 Å². The van der Waals surface area contributed by atoms with Gasteiger partial charge in [-0.25, -0.2) is 0 Å². The molecule has 2 aromatic rings. The van der Waals surface area contributed by atoms with E-state index < -0.39 is 0 Å². The maximum absolute atomic E-state index is 3.93. The molecule has 0 heterocycles. The van der Waals surface area contributed by atoms with Crippen LogP contribution in [-0.4, -0.2) is 0 Å². The van der Waals surface area contributed by atoms with Gasteiger partial charge < -0.3 is 0 Å². The van der Waals surface area contributed by atoms with Crippen LogP contribution < -0.4 is 0 Å². The summed E-state index contributed by atoms with van der Waals surface area (Å²) in [4.78, 5) is 0. The van der Waals surface area contributed by atoms with Crippen LogP contribution in [-0.2, 0) is 0 Å². The highest BCUT2D eigenvalue weighted by Gasteiger charge is 2.42. The quantitative estimate of drug-likeness (QED) is 0.481. The Morgan fingerprint density at radius 3 is 1.41 bits per heavy atom. The summed E-state index contributed by atoms with van der Waals surface area (Å²) in [6, 6.07) is 21.7. The minimum Gasteiger partial charge on any atom is -0.112 e. The van der Waals surface area contributed by atoms with Crippen LogP contribution >= 0.6 is 0 Å². The van der Waals surface area contributed by atoms with Gasteiger partial charge in [-0.1, -0.05) is 112 Å². The zero-order valence-electron chi connectivity index (χ0n) is 16.5. The lowest BCUT2D eigenvalue weighted by Crippen LogP contribution is -1.89. The fourth-order valence-electron chi connectivity index (χ4n) is 4.73. The fraction of sp³-hybridized carbons (Fsp3) is 0.444. The molecule has 2 atom stereocenters. The normalized spacial score (nSPS) is 23.3. The van der Waals surface area contributed by atoms with Crippen LogP contribution in [0.15, 0.2) is 72.0 Å². The van der Waals surface area contributed by atoms with Crippen LogP contribution in [0.2, 0.25) is 0 Å². The molecule has 2 aliphatic carbocycles. The highest BCUT2D eigenvalue weighted by atomic mass is 14.5. The molecule has 0 heteroatoms. The van der Waals surface area contributed by atoms with Crippen molar-refractivity contribution < 1.29 is 0 Å². The molecule has 4 rings (SSSR count). The van der Waals surface area contributed by atoms with Crippen molar-refractivity contribution in [2.75, 3.05) is 0 Å². The molecule has 0 N–H and O–H groups in total. The molecule has 0 amide bonds. The number of fused-ring (bicyclic) bond motifs is 1. The van der Waals surface area contributed by atoms with Gasteiger partial charge in [0.2, 0.25) is 0 Å². The number of rotatable bonds is 2. The predicted octanol–water partition coefficient (Wildman–Crippen LogP) is 7.80. The van der Waals surface area contributed by atoms with Crippen LogP contribution in [0.1, 0.15) is 75.3 Å². The fourth-order valence-corrected chi connectivity index (χ4v) is 4.73. The average molecular weight is 357 g/mol. The highest BCUT2D eigenvalue weighted by molar-refractivity contribution is 5.80. The highest BCUT2D eigenvalue weighted by Crippen LogP contribution is 2.52. The van der Waals surface area contributed by atoms with Crippen LogP contribution in [0.3, 0.4) is 0 Å². The lowest BCUT2D eigenvalue weighted by atomic mass is 9.98. The average Bonchev–Trinajstić information content (AvgIpc) is 3.37. The zero-order valence-corrected chi connectivity index (χ0v) is 16.5. The summed E-state index contributed by atoms with van der Waals surface area (Å²) in [5, 5.41) is 0. The van der Waals surface area contributed by atoms with Crippen molar-refractivity contribution in [2.24, 2.45) is 11.8 Å². The van der Waals surface area contributed by atoms with Gasteiger partial charge in [0.15, 0.2) is 0 Å². The van der Waals surface area contributed by atoms with Gasteiger partial charge in [-0.15, -0.1) is 5.73 Å². The molecule has 0 aliphatic heterocycles. The van der Waals surface area contributed by atoms with E-state index in [-0.39, 0.29) is 0 Å². The zero-order chi connectivity index (χ0) is 18.3. The maximum atomic E-state index is 3.93. The summed E-state index contributed by atoms with van der Waals surface area (Å²) >= 11 is 0. The standard InChI is InChI=1S/C27H32/c1-2-4-6-14-20-25-24(19-13-5-3-1)27(25)21-26(22-15-9-7-10-16-22)23-17-11-8-12-18-23/h7-12,15-18,24-25H,1-6,13-14,19-20H2. The summed E-state index contributed by atoms with van der Waals surface area (Å²) in [7, 11) is 0. The van der Waals surface area contributed by atoms with Crippen molar-refractivity contribution in [2.45, 2.75) is 64.2 Å². The Morgan fingerprint density at radius 1 is 0.556 bits per heavy atom. The number of hydrogen-bond acceptors (Lipinski definition) is 0. The van der Waals surface area contributed by atoms with Gasteiger partial charge in [0, 0.05) is 5.57 Å². The van der Waals surface area contributed by atoms with Gasteiger partial charge >= 0.3 is 0 Å². The van der Waals surface area contributed by atoms with Gasteiger partial charge in [-0.3, -0.25) is 0 Å². The van der Waals surface area contributed by atoms with Gasteiger partial charge in [0.1, 0.15) is 0 Å². The lowest BCUT2D eigenvalue weighted by molar-refractivity contribution is 0.491. The molecule has 0 radical (unpaired) electrons. The molecule has 2 unspecified atom stereocenters. The maximum Gasteiger partial charge on any atom is 0.0309 e. The topological polar surface area (TPSA) is 0 Å². The first kappa shape index (κ1) is 18.3. The Kier molecular flexibility index (Phi) is 6.28. The van der Waals surface area contributed by atoms with Crippen molar-refractivity contribution >= 4 is 5.57 Å². The van der Waals surface area contributed by atoms with Crippen molar-refractivity contribution in [3.63, 3.8) is 0 Å². The summed E-state index contributed by atoms with van der Waals surface area (Å²) < 4.78 is 0. The van der Waals surface area contributed by atoms with Gasteiger partial charge in [-0.2, -0.15) is 0 Å². The lowest BCUT2D eigenvalue weighted by Gasteiger charge is -2.05. The molecule has 140 valence electrons. The molecular weight excluding hydrogens is 324 g/mol. The Morgan fingerprint density at radius 2 is 0.963 bits per heavy atom. The van der Waals surface area contributed by atoms with Gasteiger partial charge in [-0.05, 0) is 41.4 Å². The molecule has 27 heavy (non-hydrogen) atoms. The van der Waals surface area contributed by atoms with E-state index in [9.17, 15) is 0 Å². The summed E-state index contributed by atoms with van der Waals surface area (Å²) in [6.45, 7) is 0. The van der Waals surface area contributed by atoms with E-state index in [1.54, 1.807) is 5.57 Å². The third kappa shape index (κ3) is 4.82. The van der Waals surface area contributed by atoms with Crippen molar-refractivity contribution in [3.8, 4) is 0 Å². The van der Waals surface area contributed by atoms with Crippen LogP contribution in [0.25, 0.3) is 5.57 Å². The second-order valence-corrected chi connectivity index (χ2v) is 8.31. The molecular formula is C27H32. The molecule has 2 aliphatic rings. The minimum atomic E-state index is 0.798. The van der Waals surface area contributed by atoms with Crippen LogP contribution in [0.5, 0.6) is 0 Å². The Balaban J connectivity index is 1.66. The predicted molar refractivity (Wildman–Crippen MR) is 116 cm³/mol. The second-order valence-electron chi connectivity index (χ2n) is 8.31. The molecule has 0 spiro atoms. The van der Waals surface area contributed by atoms with E-state index in [0.29, 0.717) is 0 Å². The first-order valence-corrected chi connectivity index (χ1v) is 11.0. The van der Waals surface area contributed by atoms with Crippen LogP contribution in [0, 0.1) is 11.8 Å². The molecule has 0 saturated heterocycles. The number of allylic oxidation sites excluding steroid dienone is 1.